The Labute approximate surface area is 150 Å². The highest BCUT2D eigenvalue weighted by molar-refractivity contribution is 5.95. The summed E-state index contributed by atoms with van der Waals surface area (Å²) in [6, 6.07) is 8.50. The van der Waals surface area contributed by atoms with E-state index in [2.05, 4.69) is 4.98 Å². The van der Waals surface area contributed by atoms with E-state index in [0.717, 1.165) is 18.4 Å². The lowest BCUT2D eigenvalue weighted by molar-refractivity contribution is 0.0685. The van der Waals surface area contributed by atoms with Crippen molar-refractivity contribution in [1.29, 1.82) is 0 Å². The van der Waals surface area contributed by atoms with Crippen molar-refractivity contribution in [2.45, 2.75) is 18.9 Å². The topological polar surface area (TPSA) is 89.0 Å². The molecular weight excluding hydrogens is 336 g/mol. The van der Waals surface area contributed by atoms with Gasteiger partial charge in [0.2, 0.25) is 0 Å². The Hall–Kier alpha value is -3.09. The van der Waals surface area contributed by atoms with Gasteiger partial charge in [-0.05, 0) is 31.0 Å². The average molecular weight is 354 g/mol. The van der Waals surface area contributed by atoms with Gasteiger partial charge in [-0.15, -0.1) is 0 Å². The number of rotatable bonds is 3. The maximum absolute atomic E-state index is 12.9. The molecule has 0 spiro atoms. The van der Waals surface area contributed by atoms with Crippen LogP contribution in [0.1, 0.15) is 45.3 Å². The normalized spacial score (nSPS) is 18.6. The molecule has 26 heavy (non-hydrogen) atoms. The molecule has 0 aliphatic carbocycles. The molecule has 7 nitrogen and oxygen atoms in total. The third kappa shape index (κ3) is 2.85. The number of fused-ring (bicyclic) bond motifs is 1. The number of amides is 1. The molecule has 1 fully saturated rings. The number of nitrogens with zero attached hydrogens (tertiary/aromatic N) is 2. The van der Waals surface area contributed by atoms with Gasteiger partial charge in [0.25, 0.3) is 5.91 Å². The van der Waals surface area contributed by atoms with Gasteiger partial charge in [0, 0.05) is 18.3 Å². The Morgan fingerprint density at radius 2 is 2.00 bits per heavy atom. The third-order valence-corrected chi connectivity index (χ3v) is 4.70. The van der Waals surface area contributed by atoms with Gasteiger partial charge in [-0.1, -0.05) is 12.1 Å². The van der Waals surface area contributed by atoms with Gasteiger partial charge in [-0.3, -0.25) is 4.79 Å². The number of carbonyl (C=O) groups is 2. The summed E-state index contributed by atoms with van der Waals surface area (Å²) in [6.07, 6.45) is 3.05. The Bertz CT molecular complexity index is 850. The minimum absolute atomic E-state index is 0.0813. The van der Waals surface area contributed by atoms with E-state index in [4.69, 9.17) is 14.6 Å². The van der Waals surface area contributed by atoms with E-state index in [1.807, 2.05) is 18.2 Å². The lowest BCUT2D eigenvalue weighted by Gasteiger charge is -2.29. The molecule has 2 aliphatic rings. The van der Waals surface area contributed by atoms with Crippen LogP contribution < -0.4 is 9.47 Å². The molecule has 0 saturated carbocycles. The van der Waals surface area contributed by atoms with E-state index in [0.29, 0.717) is 36.8 Å². The van der Waals surface area contributed by atoms with Crippen LogP contribution in [-0.2, 0) is 0 Å². The van der Waals surface area contributed by atoms with Crippen LogP contribution in [0.3, 0.4) is 0 Å². The Morgan fingerprint density at radius 1 is 1.15 bits per heavy atom. The van der Waals surface area contributed by atoms with E-state index in [1.165, 1.54) is 18.3 Å². The second-order valence-corrected chi connectivity index (χ2v) is 6.27. The highest BCUT2D eigenvalue weighted by Gasteiger charge is 2.34. The number of hydrogen-bond donors (Lipinski definition) is 1. The summed E-state index contributed by atoms with van der Waals surface area (Å²) in [6.45, 7) is 1.64. The fourth-order valence-electron chi connectivity index (χ4n) is 3.50. The number of aromatic nitrogens is 1. The van der Waals surface area contributed by atoms with Crippen molar-refractivity contribution in [2.75, 3.05) is 19.8 Å². The van der Waals surface area contributed by atoms with Gasteiger partial charge in [-0.2, -0.15) is 0 Å². The van der Waals surface area contributed by atoms with Crippen molar-refractivity contribution in [3.63, 3.8) is 0 Å². The van der Waals surface area contributed by atoms with Crippen molar-refractivity contribution in [1.82, 2.24) is 9.88 Å². The average Bonchev–Trinajstić information content (AvgIpc) is 3.16. The molecule has 1 amide bonds. The molecule has 1 atom stereocenters. The molecule has 0 radical (unpaired) electrons. The van der Waals surface area contributed by atoms with Crippen LogP contribution in [0.2, 0.25) is 0 Å². The summed E-state index contributed by atoms with van der Waals surface area (Å²) < 4.78 is 11.4. The molecule has 7 heteroatoms. The smallest absolute Gasteiger partial charge is 0.354 e. The zero-order valence-electron chi connectivity index (χ0n) is 14.1. The van der Waals surface area contributed by atoms with E-state index < -0.39 is 5.97 Å². The number of aromatic carboxylic acids is 1. The van der Waals surface area contributed by atoms with Crippen molar-refractivity contribution in [2.24, 2.45) is 0 Å². The molecule has 134 valence electrons. The van der Waals surface area contributed by atoms with Gasteiger partial charge < -0.3 is 19.5 Å². The molecular formula is C19H18N2O5. The maximum atomic E-state index is 12.9. The van der Waals surface area contributed by atoms with Crippen LogP contribution in [0.4, 0.5) is 0 Å². The van der Waals surface area contributed by atoms with Gasteiger partial charge in [-0.25, -0.2) is 9.78 Å². The Morgan fingerprint density at radius 3 is 2.77 bits per heavy atom. The second-order valence-electron chi connectivity index (χ2n) is 6.27. The summed E-state index contributed by atoms with van der Waals surface area (Å²) in [7, 11) is 0. The van der Waals surface area contributed by atoms with Crippen molar-refractivity contribution < 1.29 is 24.2 Å². The van der Waals surface area contributed by atoms with E-state index in [-0.39, 0.29) is 17.6 Å². The molecule has 0 bridgehead atoms. The lowest BCUT2D eigenvalue weighted by atomic mass is 10.0. The first-order valence-electron chi connectivity index (χ1n) is 8.54. The van der Waals surface area contributed by atoms with Gasteiger partial charge in [0.1, 0.15) is 18.9 Å². The number of benzene rings is 1. The van der Waals surface area contributed by atoms with E-state index >= 15 is 0 Å². The van der Waals surface area contributed by atoms with Crippen molar-refractivity contribution in [3.05, 3.63) is 53.3 Å². The lowest BCUT2D eigenvalue weighted by Crippen LogP contribution is -2.31. The molecule has 1 aromatic heterocycles. The minimum atomic E-state index is -1.11. The first-order valence-corrected chi connectivity index (χ1v) is 8.54. The van der Waals surface area contributed by atoms with E-state index in [9.17, 15) is 9.59 Å². The minimum Gasteiger partial charge on any atom is -0.486 e. The third-order valence-electron chi connectivity index (χ3n) is 4.70. The molecule has 1 aromatic carbocycles. The predicted molar refractivity (Wildman–Crippen MR) is 91.6 cm³/mol. The molecule has 1 unspecified atom stereocenters. The zero-order valence-corrected chi connectivity index (χ0v) is 14.1. The summed E-state index contributed by atoms with van der Waals surface area (Å²) >= 11 is 0. The molecule has 2 aliphatic heterocycles. The van der Waals surface area contributed by atoms with Crippen LogP contribution in [0, 0.1) is 0 Å². The number of carboxylic acid groups (broad SMARTS) is 1. The molecule has 2 aromatic rings. The first-order chi connectivity index (χ1) is 12.6. The van der Waals surface area contributed by atoms with Crippen LogP contribution in [0.5, 0.6) is 11.5 Å². The number of pyridine rings is 1. The largest absolute Gasteiger partial charge is 0.486 e. The quantitative estimate of drug-likeness (QED) is 0.911. The van der Waals surface area contributed by atoms with Crippen LogP contribution in [0.15, 0.2) is 36.5 Å². The monoisotopic (exact) mass is 354 g/mol. The summed E-state index contributed by atoms with van der Waals surface area (Å²) in [5.41, 5.74) is 1.24. The van der Waals surface area contributed by atoms with E-state index in [1.54, 1.807) is 4.90 Å². The predicted octanol–water partition coefficient (Wildman–Crippen LogP) is 2.53. The first kappa shape index (κ1) is 16.4. The van der Waals surface area contributed by atoms with Crippen LogP contribution >= 0.6 is 0 Å². The highest BCUT2D eigenvalue weighted by Crippen LogP contribution is 2.43. The summed E-state index contributed by atoms with van der Waals surface area (Å²) in [4.78, 5) is 29.5. The SMILES string of the molecule is O=C(O)c1ccc(C(=O)N2CCCC2c2cccc3c2OCCO3)cn1. The maximum Gasteiger partial charge on any atom is 0.354 e. The van der Waals surface area contributed by atoms with Crippen LogP contribution in [-0.4, -0.2) is 46.6 Å². The van der Waals surface area contributed by atoms with Gasteiger partial charge in [0.15, 0.2) is 11.5 Å². The molecule has 1 N–H and O–H groups in total. The number of ether oxygens (including phenoxy) is 2. The van der Waals surface area contributed by atoms with Gasteiger partial charge >= 0.3 is 5.97 Å². The number of para-hydroxylation sites is 1. The molecule has 3 heterocycles. The standard InChI is InChI=1S/C19H18N2O5/c22-18(12-6-7-14(19(23)24)20-11-12)21-8-2-4-15(21)13-3-1-5-16-17(13)26-10-9-25-16/h1,3,5-7,11,15H,2,4,8-10H2,(H,23,24). The number of hydrogen-bond acceptors (Lipinski definition) is 5. The Kier molecular flexibility index (Phi) is 4.20. The van der Waals surface area contributed by atoms with Gasteiger partial charge in [0.05, 0.1) is 11.6 Å². The summed E-state index contributed by atoms with van der Waals surface area (Å²) in [5, 5.41) is 8.95. The second kappa shape index (κ2) is 6.67. The fourth-order valence-corrected chi connectivity index (χ4v) is 3.50. The number of carbonyl (C=O) groups excluding carboxylic acids is 1. The molecule has 4 rings (SSSR count). The molecule has 1 saturated heterocycles. The van der Waals surface area contributed by atoms with Crippen molar-refractivity contribution in [3.8, 4) is 11.5 Å². The van der Waals surface area contributed by atoms with Crippen LogP contribution in [0.25, 0.3) is 0 Å². The Balaban J connectivity index is 1.63. The van der Waals surface area contributed by atoms with Crippen molar-refractivity contribution >= 4 is 11.9 Å². The summed E-state index contributed by atoms with van der Waals surface area (Å²) in [5.74, 6) is 0.144. The highest BCUT2D eigenvalue weighted by atomic mass is 16.6. The number of likely N-dealkylation sites (tertiary alicyclic amines) is 1. The fraction of sp³-hybridized carbons (Fsp3) is 0.316. The number of carboxylic acids is 1. The zero-order chi connectivity index (χ0) is 18.1.